The second-order valence-electron chi connectivity index (χ2n) is 3.65. The van der Waals surface area contributed by atoms with Crippen LogP contribution in [0.3, 0.4) is 0 Å². The van der Waals surface area contributed by atoms with Crippen LogP contribution in [0.1, 0.15) is 11.1 Å². The first-order valence-electron chi connectivity index (χ1n) is 4.78. The summed E-state index contributed by atoms with van der Waals surface area (Å²) in [5, 5.41) is 10.4. The molecule has 2 aromatic rings. The van der Waals surface area contributed by atoms with Gasteiger partial charge in [-0.15, -0.1) is 0 Å². The van der Waals surface area contributed by atoms with E-state index in [4.69, 9.17) is 0 Å². The van der Waals surface area contributed by atoms with Crippen molar-refractivity contribution in [3.05, 3.63) is 47.5 Å². The van der Waals surface area contributed by atoms with Crippen molar-refractivity contribution in [3.63, 3.8) is 0 Å². The fraction of sp³-hybridized carbons (Fsp3) is 0.0769. The van der Waals surface area contributed by atoms with Crippen molar-refractivity contribution in [2.24, 2.45) is 0 Å². The Morgan fingerprint density at radius 3 is 2.56 bits per heavy atom. The van der Waals surface area contributed by atoms with Crippen LogP contribution in [0.4, 0.5) is 8.78 Å². The molecule has 0 radical (unpaired) electrons. The number of aryl methyl sites for hydroxylation is 1. The molecule has 1 N–H and O–H groups in total. The molecule has 0 spiro atoms. The average Bonchev–Trinajstić information content (AvgIpc) is 2.20. The summed E-state index contributed by atoms with van der Waals surface area (Å²) in [6.07, 6.45) is 1.28. The van der Waals surface area contributed by atoms with Crippen LogP contribution in [0.5, 0.6) is 5.75 Å². The van der Waals surface area contributed by atoms with Crippen LogP contribution in [0.2, 0.25) is 0 Å². The third kappa shape index (κ3) is 1.45. The number of fused-ring (bicyclic) bond motifs is 1. The highest BCUT2D eigenvalue weighted by Crippen LogP contribution is 2.30. The van der Waals surface area contributed by atoms with Gasteiger partial charge >= 0.3 is 0 Å². The van der Waals surface area contributed by atoms with Gasteiger partial charge in [-0.2, -0.15) is 0 Å². The Hall–Kier alpha value is -1.90. The molecule has 1 nitrogen and oxygen atoms in total. The van der Waals surface area contributed by atoms with E-state index in [9.17, 15) is 13.9 Å². The number of benzene rings is 2. The van der Waals surface area contributed by atoms with E-state index >= 15 is 0 Å². The Morgan fingerprint density at radius 1 is 1.25 bits per heavy atom. The Morgan fingerprint density at radius 2 is 1.94 bits per heavy atom. The Labute approximate surface area is 91.6 Å². The molecule has 2 rings (SSSR count). The van der Waals surface area contributed by atoms with Crippen molar-refractivity contribution in [1.29, 1.82) is 0 Å². The fourth-order valence-electron chi connectivity index (χ4n) is 1.91. The van der Waals surface area contributed by atoms with E-state index in [2.05, 4.69) is 6.58 Å². The summed E-state index contributed by atoms with van der Waals surface area (Å²) in [4.78, 5) is 0. The van der Waals surface area contributed by atoms with Gasteiger partial charge in [0.1, 0.15) is 5.75 Å². The minimum Gasteiger partial charge on any atom is -0.508 e. The van der Waals surface area contributed by atoms with Crippen molar-refractivity contribution in [2.45, 2.75) is 6.92 Å². The van der Waals surface area contributed by atoms with Gasteiger partial charge in [-0.1, -0.05) is 12.7 Å². The predicted octanol–water partition coefficient (Wildman–Crippen LogP) is 3.78. The highest BCUT2D eigenvalue weighted by atomic mass is 19.2. The summed E-state index contributed by atoms with van der Waals surface area (Å²) in [5.41, 5.74) is 0.816. The van der Waals surface area contributed by atoms with E-state index in [0.717, 1.165) is 6.07 Å². The normalized spacial score (nSPS) is 10.7. The van der Waals surface area contributed by atoms with Crippen molar-refractivity contribution >= 4 is 16.8 Å². The van der Waals surface area contributed by atoms with E-state index in [1.54, 1.807) is 6.92 Å². The summed E-state index contributed by atoms with van der Waals surface area (Å²) < 4.78 is 26.8. The Bertz CT molecular complexity index is 588. The molecule has 0 aliphatic carbocycles. The molecule has 0 aliphatic heterocycles. The molecule has 0 heterocycles. The molecule has 82 valence electrons. The van der Waals surface area contributed by atoms with E-state index < -0.39 is 11.6 Å². The number of phenols is 1. The van der Waals surface area contributed by atoms with Crippen molar-refractivity contribution < 1.29 is 13.9 Å². The maximum absolute atomic E-state index is 13.5. The molecule has 0 aliphatic rings. The van der Waals surface area contributed by atoms with Crippen LogP contribution in [-0.4, -0.2) is 5.11 Å². The van der Waals surface area contributed by atoms with E-state index in [0.29, 0.717) is 16.3 Å². The Balaban J connectivity index is 3.02. The maximum atomic E-state index is 13.5. The predicted molar refractivity (Wildman–Crippen MR) is 60.4 cm³/mol. The maximum Gasteiger partial charge on any atom is 0.166 e. The van der Waals surface area contributed by atoms with Gasteiger partial charge in [0.25, 0.3) is 0 Å². The quantitative estimate of drug-likeness (QED) is 0.775. The minimum absolute atomic E-state index is 0.0334. The third-order valence-electron chi connectivity index (χ3n) is 2.55. The Kier molecular flexibility index (Phi) is 2.38. The standard InChI is InChI=1S/C13H10F2O/c1-3-10-12-7(2)4-9(16)5-8(12)6-11(14)13(10)15/h3-6,16H,1H2,2H3. The van der Waals surface area contributed by atoms with Gasteiger partial charge in [0.05, 0.1) is 0 Å². The first-order valence-corrected chi connectivity index (χ1v) is 4.78. The van der Waals surface area contributed by atoms with E-state index in [1.807, 2.05) is 0 Å². The van der Waals surface area contributed by atoms with Gasteiger partial charge in [0, 0.05) is 5.56 Å². The third-order valence-corrected chi connectivity index (χ3v) is 2.55. The molecular weight excluding hydrogens is 210 g/mol. The summed E-state index contributed by atoms with van der Waals surface area (Å²) in [6, 6.07) is 3.98. The van der Waals surface area contributed by atoms with Crippen LogP contribution >= 0.6 is 0 Å². The molecule has 0 aromatic heterocycles. The van der Waals surface area contributed by atoms with Crippen LogP contribution in [0.15, 0.2) is 24.8 Å². The highest BCUT2D eigenvalue weighted by molar-refractivity contribution is 5.94. The molecule has 3 heteroatoms. The van der Waals surface area contributed by atoms with Crippen LogP contribution in [-0.2, 0) is 0 Å². The first kappa shape index (κ1) is 10.6. The summed E-state index contributed by atoms with van der Waals surface area (Å²) in [5.74, 6) is -1.81. The summed E-state index contributed by atoms with van der Waals surface area (Å²) in [7, 11) is 0. The lowest BCUT2D eigenvalue weighted by atomic mass is 9.99. The SMILES string of the molecule is C=Cc1c(F)c(F)cc2cc(O)cc(C)c12. The number of phenolic OH excluding ortho intramolecular Hbond substituents is 1. The van der Waals surface area contributed by atoms with Gasteiger partial charge in [-0.05, 0) is 41.5 Å². The topological polar surface area (TPSA) is 20.2 Å². The van der Waals surface area contributed by atoms with Gasteiger partial charge < -0.3 is 5.11 Å². The van der Waals surface area contributed by atoms with Gasteiger partial charge in [-0.25, -0.2) is 8.78 Å². The smallest absolute Gasteiger partial charge is 0.166 e. The van der Waals surface area contributed by atoms with Crippen molar-refractivity contribution in [2.75, 3.05) is 0 Å². The second kappa shape index (κ2) is 3.59. The molecule has 0 saturated heterocycles. The molecule has 0 atom stereocenters. The fourth-order valence-corrected chi connectivity index (χ4v) is 1.91. The lowest BCUT2D eigenvalue weighted by molar-refractivity contribution is 0.475. The molecule has 2 aromatic carbocycles. The summed E-state index contributed by atoms with van der Waals surface area (Å²) >= 11 is 0. The van der Waals surface area contributed by atoms with Crippen LogP contribution < -0.4 is 0 Å². The molecule has 16 heavy (non-hydrogen) atoms. The number of rotatable bonds is 1. The minimum atomic E-state index is -0.938. The molecule has 0 fully saturated rings. The van der Waals surface area contributed by atoms with Gasteiger partial charge in [-0.3, -0.25) is 0 Å². The number of halogens is 2. The van der Waals surface area contributed by atoms with Gasteiger partial charge in [0.15, 0.2) is 11.6 Å². The van der Waals surface area contributed by atoms with Crippen LogP contribution in [0.25, 0.3) is 16.8 Å². The molecule has 0 bridgehead atoms. The van der Waals surface area contributed by atoms with Crippen molar-refractivity contribution in [3.8, 4) is 5.75 Å². The van der Waals surface area contributed by atoms with E-state index in [-0.39, 0.29) is 11.3 Å². The molecule has 0 unspecified atom stereocenters. The van der Waals surface area contributed by atoms with Gasteiger partial charge in [0.2, 0.25) is 0 Å². The zero-order valence-electron chi connectivity index (χ0n) is 8.72. The zero-order chi connectivity index (χ0) is 11.9. The van der Waals surface area contributed by atoms with E-state index in [1.165, 1.54) is 18.2 Å². The number of hydrogen-bond acceptors (Lipinski definition) is 1. The lowest BCUT2D eigenvalue weighted by Gasteiger charge is -2.09. The zero-order valence-corrected chi connectivity index (χ0v) is 8.72. The molecular formula is C13H10F2O. The van der Waals surface area contributed by atoms with Crippen LogP contribution in [0, 0.1) is 18.6 Å². The largest absolute Gasteiger partial charge is 0.508 e. The second-order valence-corrected chi connectivity index (χ2v) is 3.65. The summed E-state index contributed by atoms with van der Waals surface area (Å²) in [6.45, 7) is 5.21. The van der Waals surface area contributed by atoms with Crippen molar-refractivity contribution in [1.82, 2.24) is 0 Å². The molecule has 0 saturated carbocycles. The molecule has 0 amide bonds. The monoisotopic (exact) mass is 220 g/mol. The number of hydrogen-bond donors (Lipinski definition) is 1. The highest BCUT2D eigenvalue weighted by Gasteiger charge is 2.13. The number of aromatic hydroxyl groups is 1. The lowest BCUT2D eigenvalue weighted by Crippen LogP contribution is -1.93. The first-order chi connectivity index (χ1) is 7.54. The average molecular weight is 220 g/mol.